The fourth-order valence-corrected chi connectivity index (χ4v) is 3.35. The number of aliphatic hydroxyl groups excluding tert-OH is 1. The number of nitro groups is 1. The Morgan fingerprint density at radius 1 is 1.33 bits per heavy atom. The number of benzene rings is 2. The van der Waals surface area contributed by atoms with Gasteiger partial charge in [0.05, 0.1) is 24.2 Å². The molecule has 0 amide bonds. The van der Waals surface area contributed by atoms with Crippen molar-refractivity contribution in [1.82, 2.24) is 5.32 Å². The Kier molecular flexibility index (Phi) is 4.51. The molecule has 6 heteroatoms. The first-order valence-corrected chi connectivity index (χ1v) is 7.85. The highest BCUT2D eigenvalue weighted by atomic mass is 16.6. The first-order valence-electron chi connectivity index (χ1n) is 7.85. The Labute approximate surface area is 140 Å². The van der Waals surface area contributed by atoms with Crippen molar-refractivity contribution < 1.29 is 14.8 Å². The molecule has 6 nitrogen and oxygen atoms in total. The lowest BCUT2D eigenvalue weighted by Gasteiger charge is -2.30. The fraction of sp³-hybridized carbons (Fsp3) is 0.333. The minimum Gasteiger partial charge on any atom is -0.490 e. The summed E-state index contributed by atoms with van der Waals surface area (Å²) in [4.78, 5) is 10.7. The molecule has 1 aliphatic carbocycles. The molecule has 0 aromatic heterocycles. The summed E-state index contributed by atoms with van der Waals surface area (Å²) in [5.74, 6) is 0.242. The van der Waals surface area contributed by atoms with Crippen LogP contribution in [0.5, 0.6) is 5.75 Å². The zero-order valence-electron chi connectivity index (χ0n) is 13.5. The number of nitro benzene ring substituents is 1. The van der Waals surface area contributed by atoms with Gasteiger partial charge in [-0.1, -0.05) is 30.3 Å². The van der Waals surface area contributed by atoms with E-state index in [9.17, 15) is 15.2 Å². The summed E-state index contributed by atoms with van der Waals surface area (Å²) >= 11 is 0. The maximum atomic E-state index is 11.1. The third-order valence-corrected chi connectivity index (χ3v) is 4.69. The number of rotatable bonds is 6. The van der Waals surface area contributed by atoms with E-state index in [1.165, 1.54) is 18.7 Å². The summed E-state index contributed by atoms with van der Waals surface area (Å²) in [6.45, 7) is 0.419. The molecule has 0 aliphatic heterocycles. The average Bonchev–Trinajstić information content (AvgIpc) is 2.99. The monoisotopic (exact) mass is 328 g/mol. The van der Waals surface area contributed by atoms with Crippen LogP contribution in [0, 0.1) is 10.1 Å². The summed E-state index contributed by atoms with van der Waals surface area (Å²) in [5, 5.41) is 24.5. The molecular formula is C18H20N2O4. The number of fused-ring (bicyclic) bond motifs is 1. The normalized spacial score (nSPS) is 19.1. The van der Waals surface area contributed by atoms with Gasteiger partial charge in [-0.25, -0.2) is 0 Å². The minimum absolute atomic E-state index is 0.0116. The first-order chi connectivity index (χ1) is 11.6. The van der Waals surface area contributed by atoms with Gasteiger partial charge in [0.1, 0.15) is 0 Å². The Morgan fingerprint density at radius 3 is 2.83 bits per heavy atom. The molecule has 126 valence electrons. The number of aliphatic hydroxyl groups is 1. The molecule has 1 unspecified atom stereocenters. The van der Waals surface area contributed by atoms with Gasteiger partial charge >= 0.3 is 5.69 Å². The highest BCUT2D eigenvalue weighted by Crippen LogP contribution is 2.37. The molecule has 1 atom stereocenters. The van der Waals surface area contributed by atoms with Crippen LogP contribution in [-0.2, 0) is 18.5 Å². The molecule has 1 aliphatic rings. The van der Waals surface area contributed by atoms with E-state index < -0.39 is 10.5 Å². The second kappa shape index (κ2) is 6.59. The van der Waals surface area contributed by atoms with Crippen molar-refractivity contribution in [2.24, 2.45) is 0 Å². The van der Waals surface area contributed by atoms with E-state index in [0.717, 1.165) is 24.0 Å². The van der Waals surface area contributed by atoms with Crippen molar-refractivity contribution in [1.29, 1.82) is 0 Å². The van der Waals surface area contributed by atoms with Crippen LogP contribution in [0.1, 0.15) is 23.1 Å². The molecule has 24 heavy (non-hydrogen) atoms. The lowest BCUT2D eigenvalue weighted by atomic mass is 9.92. The first kappa shape index (κ1) is 16.4. The van der Waals surface area contributed by atoms with Crippen LogP contribution in [0.2, 0.25) is 0 Å². The van der Waals surface area contributed by atoms with Crippen LogP contribution < -0.4 is 10.1 Å². The fourth-order valence-electron chi connectivity index (χ4n) is 3.35. The molecule has 0 heterocycles. The van der Waals surface area contributed by atoms with E-state index in [1.807, 2.05) is 18.2 Å². The molecule has 0 saturated heterocycles. The summed E-state index contributed by atoms with van der Waals surface area (Å²) in [6.07, 6.45) is 1.72. The Balaban J connectivity index is 1.83. The molecule has 2 aromatic carbocycles. The molecule has 2 N–H and O–H groups in total. The molecule has 0 radical (unpaired) electrons. The molecule has 0 saturated carbocycles. The van der Waals surface area contributed by atoms with Crippen molar-refractivity contribution in [2.45, 2.75) is 24.9 Å². The van der Waals surface area contributed by atoms with Crippen molar-refractivity contribution in [3.8, 4) is 5.75 Å². The van der Waals surface area contributed by atoms with Gasteiger partial charge in [-0.15, -0.1) is 0 Å². The average molecular weight is 328 g/mol. The van der Waals surface area contributed by atoms with Crippen LogP contribution in [0.15, 0.2) is 42.5 Å². The van der Waals surface area contributed by atoms with E-state index in [0.29, 0.717) is 6.54 Å². The molecule has 0 spiro atoms. The summed E-state index contributed by atoms with van der Waals surface area (Å²) < 4.78 is 5.02. The molecular weight excluding hydrogens is 308 g/mol. The Hall–Kier alpha value is -2.44. The molecule has 3 rings (SSSR count). The zero-order chi connectivity index (χ0) is 17.2. The van der Waals surface area contributed by atoms with Crippen molar-refractivity contribution >= 4 is 5.69 Å². The van der Waals surface area contributed by atoms with Gasteiger partial charge in [0.25, 0.3) is 0 Å². The molecule has 0 bridgehead atoms. The van der Waals surface area contributed by atoms with Crippen LogP contribution in [0.4, 0.5) is 5.69 Å². The Bertz CT molecular complexity index is 762. The maximum absolute atomic E-state index is 11.1. The smallest absolute Gasteiger partial charge is 0.311 e. The van der Waals surface area contributed by atoms with Crippen molar-refractivity contribution in [2.75, 3.05) is 13.7 Å². The van der Waals surface area contributed by atoms with E-state index >= 15 is 0 Å². The largest absolute Gasteiger partial charge is 0.490 e. The quantitative estimate of drug-likeness (QED) is 0.629. The lowest BCUT2D eigenvalue weighted by Crippen LogP contribution is -2.43. The standard InChI is InChI=1S/C18H20N2O4/c1-24-17-7-6-13(10-16(17)20(22)23)11-19-18(12-21)9-8-14-4-2-3-5-15(14)18/h2-7,10,19,21H,8-9,11-12H2,1H3. The van der Waals surface area contributed by atoms with E-state index in [2.05, 4.69) is 11.4 Å². The molecule has 0 fully saturated rings. The van der Waals surface area contributed by atoms with Crippen LogP contribution >= 0.6 is 0 Å². The number of methoxy groups -OCH3 is 1. The van der Waals surface area contributed by atoms with Crippen LogP contribution in [0.25, 0.3) is 0 Å². The second-order valence-corrected chi connectivity index (χ2v) is 6.01. The lowest BCUT2D eigenvalue weighted by molar-refractivity contribution is -0.385. The highest BCUT2D eigenvalue weighted by Gasteiger charge is 2.37. The van der Waals surface area contributed by atoms with Gasteiger partial charge in [-0.2, -0.15) is 0 Å². The van der Waals surface area contributed by atoms with Gasteiger partial charge < -0.3 is 15.2 Å². The minimum atomic E-state index is -0.495. The zero-order valence-corrected chi connectivity index (χ0v) is 13.5. The number of ether oxygens (including phenoxy) is 1. The van der Waals surface area contributed by atoms with Gasteiger partial charge in [0, 0.05) is 12.6 Å². The SMILES string of the molecule is COc1ccc(CNC2(CO)CCc3ccccc32)cc1[N+](=O)[O-]. The van der Waals surface area contributed by atoms with E-state index in [1.54, 1.807) is 12.1 Å². The van der Waals surface area contributed by atoms with Gasteiger partial charge in [-0.05, 0) is 35.6 Å². The second-order valence-electron chi connectivity index (χ2n) is 6.01. The van der Waals surface area contributed by atoms with Crippen molar-refractivity contribution in [3.63, 3.8) is 0 Å². The molecule has 2 aromatic rings. The topological polar surface area (TPSA) is 84.6 Å². The van der Waals surface area contributed by atoms with Crippen molar-refractivity contribution in [3.05, 3.63) is 69.3 Å². The number of aryl methyl sites for hydroxylation is 1. The summed E-state index contributed by atoms with van der Waals surface area (Å²) in [6, 6.07) is 13.0. The third-order valence-electron chi connectivity index (χ3n) is 4.69. The number of nitrogens with one attached hydrogen (secondary N) is 1. The van der Waals surface area contributed by atoms with E-state index in [4.69, 9.17) is 4.74 Å². The summed E-state index contributed by atoms with van der Waals surface area (Å²) in [7, 11) is 1.41. The van der Waals surface area contributed by atoms with E-state index in [-0.39, 0.29) is 18.0 Å². The summed E-state index contributed by atoms with van der Waals surface area (Å²) in [5.41, 5.74) is 2.57. The highest BCUT2D eigenvalue weighted by molar-refractivity contribution is 5.48. The maximum Gasteiger partial charge on any atom is 0.311 e. The number of hydrogen-bond acceptors (Lipinski definition) is 5. The van der Waals surface area contributed by atoms with Crippen LogP contribution in [0.3, 0.4) is 0 Å². The number of nitrogens with zero attached hydrogens (tertiary/aromatic N) is 1. The third kappa shape index (κ3) is 2.86. The Morgan fingerprint density at radius 2 is 2.12 bits per heavy atom. The van der Waals surface area contributed by atoms with Crippen LogP contribution in [-0.4, -0.2) is 23.7 Å². The predicted octanol–water partition coefficient (Wildman–Crippen LogP) is 2.53. The number of hydrogen-bond donors (Lipinski definition) is 2. The van der Waals surface area contributed by atoms with Gasteiger partial charge in [0.15, 0.2) is 5.75 Å². The predicted molar refractivity (Wildman–Crippen MR) is 90.0 cm³/mol. The van der Waals surface area contributed by atoms with Gasteiger partial charge in [0.2, 0.25) is 0 Å². The van der Waals surface area contributed by atoms with Gasteiger partial charge in [-0.3, -0.25) is 10.1 Å².